The van der Waals surface area contributed by atoms with Gasteiger partial charge in [0.05, 0.1) is 12.1 Å². The molecular weight excluding hydrogens is 264 g/mol. The summed E-state index contributed by atoms with van der Waals surface area (Å²) in [6, 6.07) is 8.18. The van der Waals surface area contributed by atoms with E-state index in [1.165, 1.54) is 10.9 Å². The monoisotopic (exact) mass is 288 g/mol. The molecule has 4 nitrogen and oxygen atoms in total. The van der Waals surface area contributed by atoms with Gasteiger partial charge in [-0.15, -0.1) is 0 Å². The van der Waals surface area contributed by atoms with Crippen LogP contribution in [-0.2, 0) is 17.8 Å². The lowest BCUT2D eigenvalue weighted by Gasteiger charge is -2.39. The third kappa shape index (κ3) is 2.84. The lowest BCUT2D eigenvalue weighted by molar-refractivity contribution is -0.0527. The van der Waals surface area contributed by atoms with Crippen LogP contribution in [0.1, 0.15) is 31.1 Å². The third-order valence-corrected chi connectivity index (χ3v) is 4.58. The molecule has 0 aliphatic carbocycles. The molecule has 1 unspecified atom stereocenters. The number of furan rings is 1. The molecule has 2 aromatic rings. The summed E-state index contributed by atoms with van der Waals surface area (Å²) < 4.78 is 11.6. The van der Waals surface area contributed by atoms with E-state index in [4.69, 9.17) is 14.9 Å². The van der Waals surface area contributed by atoms with Gasteiger partial charge in [-0.3, -0.25) is 4.90 Å². The smallest absolute Gasteiger partial charge is 0.134 e. The van der Waals surface area contributed by atoms with E-state index >= 15 is 0 Å². The average Bonchev–Trinajstić information content (AvgIpc) is 2.85. The van der Waals surface area contributed by atoms with E-state index in [0.717, 1.165) is 43.8 Å². The first-order chi connectivity index (χ1) is 10.1. The summed E-state index contributed by atoms with van der Waals surface area (Å²) >= 11 is 0. The number of rotatable bonds is 4. The van der Waals surface area contributed by atoms with Crippen LogP contribution in [0.5, 0.6) is 0 Å². The van der Waals surface area contributed by atoms with Crippen molar-refractivity contribution in [1.82, 2.24) is 4.90 Å². The molecule has 21 heavy (non-hydrogen) atoms. The van der Waals surface area contributed by atoms with Crippen LogP contribution in [0.15, 0.2) is 28.7 Å². The number of hydrogen-bond acceptors (Lipinski definition) is 4. The van der Waals surface area contributed by atoms with Crippen molar-refractivity contribution >= 4 is 11.0 Å². The molecule has 1 aromatic carbocycles. The molecule has 114 valence electrons. The Kier molecular flexibility index (Phi) is 4.02. The van der Waals surface area contributed by atoms with Crippen LogP contribution in [0.3, 0.4) is 0 Å². The minimum absolute atomic E-state index is 0.0410. The maximum absolute atomic E-state index is 5.89. The summed E-state index contributed by atoms with van der Waals surface area (Å²) in [7, 11) is 1.81. The fourth-order valence-electron chi connectivity index (χ4n) is 3.32. The molecule has 1 aliphatic rings. The summed E-state index contributed by atoms with van der Waals surface area (Å²) in [6.45, 7) is 5.56. The number of hydrogen-bond donors (Lipinski definition) is 1. The van der Waals surface area contributed by atoms with E-state index in [2.05, 4.69) is 24.0 Å². The quantitative estimate of drug-likeness (QED) is 0.940. The Labute approximate surface area is 125 Å². The Morgan fingerprint density at radius 2 is 2.19 bits per heavy atom. The molecule has 0 saturated carbocycles. The second-order valence-corrected chi connectivity index (χ2v) is 6.17. The van der Waals surface area contributed by atoms with E-state index in [1.807, 2.05) is 19.2 Å². The highest BCUT2D eigenvalue weighted by atomic mass is 16.5. The minimum atomic E-state index is -0.0410. The number of ether oxygens (including phenoxy) is 1. The van der Waals surface area contributed by atoms with Gasteiger partial charge in [0.1, 0.15) is 11.3 Å². The molecular formula is C17H24N2O2. The molecule has 2 N–H and O–H groups in total. The van der Waals surface area contributed by atoms with Crippen molar-refractivity contribution < 1.29 is 9.15 Å². The largest absolute Gasteiger partial charge is 0.459 e. The molecule has 1 fully saturated rings. The van der Waals surface area contributed by atoms with E-state index in [9.17, 15) is 0 Å². The van der Waals surface area contributed by atoms with Crippen LogP contribution in [0.25, 0.3) is 11.0 Å². The Balaban J connectivity index is 1.87. The molecule has 2 heterocycles. The number of para-hydroxylation sites is 1. The zero-order valence-electron chi connectivity index (χ0n) is 12.9. The Hall–Kier alpha value is -1.36. The molecule has 0 bridgehead atoms. The van der Waals surface area contributed by atoms with Crippen molar-refractivity contribution in [1.29, 1.82) is 0 Å². The fourth-order valence-corrected chi connectivity index (χ4v) is 3.32. The van der Waals surface area contributed by atoms with Crippen molar-refractivity contribution in [3.05, 3.63) is 35.6 Å². The molecule has 0 radical (unpaired) electrons. The minimum Gasteiger partial charge on any atom is -0.459 e. The highest BCUT2D eigenvalue weighted by Gasteiger charge is 2.31. The third-order valence-electron chi connectivity index (χ3n) is 4.58. The van der Waals surface area contributed by atoms with Gasteiger partial charge in [-0.1, -0.05) is 18.2 Å². The summed E-state index contributed by atoms with van der Waals surface area (Å²) in [6.07, 6.45) is 2.29. The molecule has 0 spiro atoms. The lowest BCUT2D eigenvalue weighted by Crippen LogP contribution is -2.46. The zero-order valence-corrected chi connectivity index (χ0v) is 12.9. The number of fused-ring (bicyclic) bond motifs is 1. The first kappa shape index (κ1) is 14.6. The Morgan fingerprint density at radius 1 is 1.38 bits per heavy atom. The van der Waals surface area contributed by atoms with E-state index in [-0.39, 0.29) is 5.60 Å². The average molecular weight is 288 g/mol. The van der Waals surface area contributed by atoms with Crippen molar-refractivity contribution in [2.24, 2.45) is 5.73 Å². The maximum atomic E-state index is 5.89. The van der Waals surface area contributed by atoms with Crippen molar-refractivity contribution in [3.8, 4) is 0 Å². The van der Waals surface area contributed by atoms with Crippen LogP contribution >= 0.6 is 0 Å². The first-order valence-corrected chi connectivity index (χ1v) is 7.62. The zero-order chi connectivity index (χ0) is 14.9. The van der Waals surface area contributed by atoms with Crippen LogP contribution < -0.4 is 5.73 Å². The SMILES string of the molecule is COC1(C)CCCN(Cc2c(CN)oc3ccccc23)C1. The first-order valence-electron chi connectivity index (χ1n) is 7.62. The molecule has 1 saturated heterocycles. The normalized spacial score (nSPS) is 23.8. The van der Waals surface area contributed by atoms with Crippen molar-refractivity contribution in [2.45, 2.75) is 38.5 Å². The van der Waals surface area contributed by atoms with Gasteiger partial charge >= 0.3 is 0 Å². The summed E-state index contributed by atoms with van der Waals surface area (Å²) in [4.78, 5) is 2.45. The highest BCUT2D eigenvalue weighted by molar-refractivity contribution is 5.82. The standard InChI is InChI=1S/C17H24N2O2/c1-17(20-2)8-5-9-19(12-17)11-14-13-6-3-4-7-15(13)21-16(14)10-18/h3-4,6-7H,5,8-12,18H2,1-2H3. The molecule has 3 rings (SSSR count). The molecule has 1 aromatic heterocycles. The second kappa shape index (κ2) is 5.79. The van der Waals surface area contributed by atoms with Crippen LogP contribution in [0.4, 0.5) is 0 Å². The molecule has 1 aliphatic heterocycles. The molecule has 1 atom stereocenters. The fraction of sp³-hybridized carbons (Fsp3) is 0.529. The van der Waals surface area contributed by atoms with E-state index in [0.29, 0.717) is 6.54 Å². The Morgan fingerprint density at radius 3 is 2.95 bits per heavy atom. The predicted molar refractivity (Wildman–Crippen MR) is 84.0 cm³/mol. The van der Waals surface area contributed by atoms with E-state index in [1.54, 1.807) is 0 Å². The molecule has 0 amide bonds. The van der Waals surface area contributed by atoms with E-state index < -0.39 is 0 Å². The van der Waals surface area contributed by atoms with Gasteiger partial charge < -0.3 is 14.9 Å². The van der Waals surface area contributed by atoms with Crippen molar-refractivity contribution in [3.63, 3.8) is 0 Å². The number of benzene rings is 1. The van der Waals surface area contributed by atoms with Gasteiger partial charge in [0.2, 0.25) is 0 Å². The molecule has 4 heteroatoms. The Bertz CT molecular complexity index is 622. The maximum Gasteiger partial charge on any atom is 0.134 e. The van der Waals surface area contributed by atoms with Crippen molar-refractivity contribution in [2.75, 3.05) is 20.2 Å². The number of nitrogens with zero attached hydrogens (tertiary/aromatic N) is 1. The summed E-state index contributed by atoms with van der Waals surface area (Å²) in [5, 5.41) is 1.18. The van der Waals surface area contributed by atoms with Gasteiger partial charge in [-0.05, 0) is 32.4 Å². The van der Waals surface area contributed by atoms with Gasteiger partial charge in [0.25, 0.3) is 0 Å². The van der Waals surface area contributed by atoms with Crippen LogP contribution in [0.2, 0.25) is 0 Å². The number of nitrogens with two attached hydrogens (primary N) is 1. The predicted octanol–water partition coefficient (Wildman–Crippen LogP) is 2.89. The number of methoxy groups -OCH3 is 1. The summed E-state index contributed by atoms with van der Waals surface area (Å²) in [5.41, 5.74) is 7.98. The number of piperidine rings is 1. The number of likely N-dealkylation sites (tertiary alicyclic amines) is 1. The second-order valence-electron chi connectivity index (χ2n) is 6.17. The van der Waals surface area contributed by atoms with Crippen LogP contribution in [-0.4, -0.2) is 30.7 Å². The van der Waals surface area contributed by atoms with Gasteiger partial charge in [0, 0.05) is 31.1 Å². The van der Waals surface area contributed by atoms with Crippen LogP contribution in [0, 0.1) is 0 Å². The lowest BCUT2D eigenvalue weighted by atomic mass is 9.94. The van der Waals surface area contributed by atoms with Gasteiger partial charge in [-0.25, -0.2) is 0 Å². The summed E-state index contributed by atoms with van der Waals surface area (Å²) in [5.74, 6) is 0.904. The highest BCUT2D eigenvalue weighted by Crippen LogP contribution is 2.30. The van der Waals surface area contributed by atoms with Gasteiger partial charge in [-0.2, -0.15) is 0 Å². The topological polar surface area (TPSA) is 51.6 Å². The van der Waals surface area contributed by atoms with Gasteiger partial charge in [0.15, 0.2) is 0 Å².